The number of aromatic nitrogens is 3. The van der Waals surface area contributed by atoms with Crippen molar-refractivity contribution >= 4 is 0 Å². The Balaban J connectivity index is 2.65. The molecule has 0 bridgehead atoms. The highest BCUT2D eigenvalue weighted by molar-refractivity contribution is 4.89. The molecule has 5 nitrogen and oxygen atoms in total. The summed E-state index contributed by atoms with van der Waals surface area (Å²) in [4.78, 5) is 13.2. The molecular weight excluding hydrogens is 156 g/mol. The Hall–Kier alpha value is -1.10. The molecule has 0 aliphatic carbocycles. The molecule has 5 heteroatoms. The lowest BCUT2D eigenvalue weighted by atomic mass is 10.0. The van der Waals surface area contributed by atoms with Crippen LogP contribution in [0.25, 0.3) is 0 Å². The Bertz CT molecular complexity index is 288. The summed E-state index contributed by atoms with van der Waals surface area (Å²) in [5, 5.41) is 6.03. The van der Waals surface area contributed by atoms with Gasteiger partial charge in [0.25, 0.3) is 0 Å². The molecule has 1 heterocycles. The molecular formula is C7H14N4O. The van der Waals surface area contributed by atoms with Crippen LogP contribution >= 0.6 is 0 Å². The van der Waals surface area contributed by atoms with Crippen molar-refractivity contribution in [2.75, 3.05) is 0 Å². The Kier molecular flexibility index (Phi) is 2.65. The van der Waals surface area contributed by atoms with Gasteiger partial charge in [0.05, 0.1) is 6.04 Å². The summed E-state index contributed by atoms with van der Waals surface area (Å²) < 4.78 is 0. The standard InChI is InChI=1S/C7H14N4O/c1-4(2)3-5(8)6-9-7(12)11-10-6/h4-5H,3,8H2,1-2H3,(H2,9,10,11,12)/t5-/m1/s1. The molecule has 0 radical (unpaired) electrons. The molecule has 1 aromatic rings. The minimum Gasteiger partial charge on any atom is -0.321 e. The lowest BCUT2D eigenvalue weighted by Crippen LogP contribution is -2.15. The van der Waals surface area contributed by atoms with Crippen molar-refractivity contribution in [3.63, 3.8) is 0 Å². The number of hydrogen-bond acceptors (Lipinski definition) is 3. The van der Waals surface area contributed by atoms with Crippen LogP contribution in [-0.2, 0) is 0 Å². The zero-order valence-electron chi connectivity index (χ0n) is 7.29. The normalized spacial score (nSPS) is 13.7. The van der Waals surface area contributed by atoms with E-state index >= 15 is 0 Å². The van der Waals surface area contributed by atoms with E-state index in [4.69, 9.17) is 5.73 Å². The lowest BCUT2D eigenvalue weighted by molar-refractivity contribution is 0.494. The number of H-pyrrole nitrogens is 2. The fourth-order valence-corrected chi connectivity index (χ4v) is 1.08. The number of nitrogens with two attached hydrogens (primary N) is 1. The van der Waals surface area contributed by atoms with Crippen molar-refractivity contribution in [2.45, 2.75) is 26.3 Å². The summed E-state index contributed by atoms with van der Waals surface area (Å²) >= 11 is 0. The summed E-state index contributed by atoms with van der Waals surface area (Å²) in [5.74, 6) is 1.04. The number of aromatic amines is 2. The second kappa shape index (κ2) is 3.53. The maximum atomic E-state index is 10.7. The van der Waals surface area contributed by atoms with E-state index in [1.54, 1.807) is 0 Å². The number of hydrogen-bond donors (Lipinski definition) is 3. The highest BCUT2D eigenvalue weighted by Crippen LogP contribution is 2.12. The molecule has 0 spiro atoms. The molecule has 68 valence electrons. The zero-order valence-corrected chi connectivity index (χ0v) is 7.29. The first-order chi connectivity index (χ1) is 5.59. The monoisotopic (exact) mass is 170 g/mol. The summed E-state index contributed by atoms with van der Waals surface area (Å²) in [7, 11) is 0. The predicted molar refractivity (Wildman–Crippen MR) is 45.6 cm³/mol. The fourth-order valence-electron chi connectivity index (χ4n) is 1.08. The first kappa shape index (κ1) is 8.99. The summed E-state index contributed by atoms with van der Waals surface area (Å²) in [6, 6.07) is -0.177. The van der Waals surface area contributed by atoms with Crippen LogP contribution in [0.3, 0.4) is 0 Å². The SMILES string of the molecule is CC(C)C[C@@H](N)c1n[nH]c(=O)[nH]1. The molecule has 0 aromatic carbocycles. The second-order valence-electron chi connectivity index (χ2n) is 3.30. The second-order valence-corrected chi connectivity index (χ2v) is 3.30. The maximum absolute atomic E-state index is 10.7. The van der Waals surface area contributed by atoms with E-state index in [0.29, 0.717) is 11.7 Å². The van der Waals surface area contributed by atoms with Crippen molar-refractivity contribution < 1.29 is 0 Å². The molecule has 0 saturated carbocycles. The Morgan fingerprint density at radius 3 is 2.67 bits per heavy atom. The van der Waals surface area contributed by atoms with Gasteiger partial charge in [0.2, 0.25) is 0 Å². The zero-order chi connectivity index (χ0) is 9.14. The predicted octanol–water partition coefficient (Wildman–Crippen LogP) is 0.144. The van der Waals surface area contributed by atoms with E-state index < -0.39 is 0 Å². The third kappa shape index (κ3) is 2.20. The van der Waals surface area contributed by atoms with Crippen molar-refractivity contribution in [1.29, 1.82) is 0 Å². The van der Waals surface area contributed by atoms with Gasteiger partial charge in [-0.1, -0.05) is 13.8 Å². The van der Waals surface area contributed by atoms with E-state index in [1.807, 2.05) is 0 Å². The fraction of sp³-hybridized carbons (Fsp3) is 0.714. The molecule has 0 fully saturated rings. The van der Waals surface area contributed by atoms with Crippen LogP contribution in [-0.4, -0.2) is 15.2 Å². The van der Waals surface area contributed by atoms with Crippen LogP contribution in [0.15, 0.2) is 4.79 Å². The first-order valence-corrected chi connectivity index (χ1v) is 3.99. The topological polar surface area (TPSA) is 87.6 Å². The quantitative estimate of drug-likeness (QED) is 0.603. The van der Waals surface area contributed by atoms with Gasteiger partial charge in [0, 0.05) is 0 Å². The number of nitrogens with zero attached hydrogens (tertiary/aromatic N) is 1. The molecule has 0 aliphatic rings. The minimum atomic E-state index is -0.302. The average molecular weight is 170 g/mol. The van der Waals surface area contributed by atoms with Crippen LogP contribution in [0, 0.1) is 5.92 Å². The van der Waals surface area contributed by atoms with Gasteiger partial charge < -0.3 is 5.73 Å². The molecule has 1 rings (SSSR count). The molecule has 4 N–H and O–H groups in total. The maximum Gasteiger partial charge on any atom is 0.340 e. The highest BCUT2D eigenvalue weighted by Gasteiger charge is 2.11. The first-order valence-electron chi connectivity index (χ1n) is 3.99. The van der Waals surface area contributed by atoms with Gasteiger partial charge in [0.1, 0.15) is 5.82 Å². The molecule has 0 amide bonds. The van der Waals surface area contributed by atoms with Gasteiger partial charge in [-0.05, 0) is 12.3 Å². The van der Waals surface area contributed by atoms with Gasteiger partial charge in [0.15, 0.2) is 0 Å². The minimum absolute atomic E-state index is 0.177. The van der Waals surface area contributed by atoms with Gasteiger partial charge >= 0.3 is 5.69 Å². The van der Waals surface area contributed by atoms with Crippen LogP contribution in [0.2, 0.25) is 0 Å². The van der Waals surface area contributed by atoms with Gasteiger partial charge in [-0.25, -0.2) is 9.89 Å². The Labute approximate surface area is 70.4 Å². The van der Waals surface area contributed by atoms with Crippen molar-refractivity contribution in [2.24, 2.45) is 11.7 Å². The Morgan fingerprint density at radius 2 is 2.25 bits per heavy atom. The highest BCUT2D eigenvalue weighted by atomic mass is 16.1. The molecule has 1 atom stereocenters. The van der Waals surface area contributed by atoms with E-state index in [1.165, 1.54) is 0 Å². The lowest BCUT2D eigenvalue weighted by Gasteiger charge is -2.09. The van der Waals surface area contributed by atoms with Crippen LogP contribution < -0.4 is 11.4 Å². The van der Waals surface area contributed by atoms with Crippen LogP contribution in [0.1, 0.15) is 32.1 Å². The van der Waals surface area contributed by atoms with Crippen LogP contribution in [0.4, 0.5) is 0 Å². The van der Waals surface area contributed by atoms with E-state index in [2.05, 4.69) is 29.0 Å². The molecule has 0 unspecified atom stereocenters. The summed E-state index contributed by atoms with van der Waals surface area (Å²) in [5.41, 5.74) is 5.45. The van der Waals surface area contributed by atoms with E-state index in [9.17, 15) is 4.79 Å². The van der Waals surface area contributed by atoms with Gasteiger partial charge in [-0.15, -0.1) is 0 Å². The summed E-state index contributed by atoms with van der Waals surface area (Å²) in [6.45, 7) is 4.15. The van der Waals surface area contributed by atoms with Crippen molar-refractivity contribution in [1.82, 2.24) is 15.2 Å². The summed E-state index contributed by atoms with van der Waals surface area (Å²) in [6.07, 6.45) is 0.820. The molecule has 12 heavy (non-hydrogen) atoms. The molecule has 0 saturated heterocycles. The number of nitrogens with one attached hydrogen (secondary N) is 2. The number of rotatable bonds is 3. The van der Waals surface area contributed by atoms with Crippen molar-refractivity contribution in [3.8, 4) is 0 Å². The van der Waals surface area contributed by atoms with Gasteiger partial charge in [-0.3, -0.25) is 4.98 Å². The van der Waals surface area contributed by atoms with E-state index in [0.717, 1.165) is 6.42 Å². The largest absolute Gasteiger partial charge is 0.340 e. The average Bonchev–Trinajstić information content (AvgIpc) is 2.34. The van der Waals surface area contributed by atoms with Crippen molar-refractivity contribution in [3.05, 3.63) is 16.3 Å². The third-order valence-electron chi connectivity index (χ3n) is 1.60. The van der Waals surface area contributed by atoms with Gasteiger partial charge in [-0.2, -0.15) is 5.10 Å². The smallest absolute Gasteiger partial charge is 0.321 e. The van der Waals surface area contributed by atoms with E-state index in [-0.39, 0.29) is 11.7 Å². The molecule has 0 aliphatic heterocycles. The molecule has 1 aromatic heterocycles. The third-order valence-corrected chi connectivity index (χ3v) is 1.60. The Morgan fingerprint density at radius 1 is 1.58 bits per heavy atom. The van der Waals surface area contributed by atoms with Crippen LogP contribution in [0.5, 0.6) is 0 Å².